The molecule has 1 aromatic heterocycles. The van der Waals surface area contributed by atoms with Gasteiger partial charge in [0.1, 0.15) is 0 Å². The van der Waals surface area contributed by atoms with Crippen LogP contribution in [0.15, 0.2) is 36.5 Å². The van der Waals surface area contributed by atoms with E-state index in [-0.39, 0.29) is 0 Å². The molecule has 0 spiro atoms. The van der Waals surface area contributed by atoms with Crippen molar-refractivity contribution in [2.24, 2.45) is 0 Å². The standard InChI is InChI=1S/C13H17N3/c1-16(2)9-8-12-10-14-15-13(12)11-6-4-3-5-7-11/h3-7,10H,8-9H2,1-2H3,(H,14,15). The average molecular weight is 215 g/mol. The minimum Gasteiger partial charge on any atom is -0.309 e. The summed E-state index contributed by atoms with van der Waals surface area (Å²) in [6, 6.07) is 10.3. The Labute approximate surface area is 96.1 Å². The first kappa shape index (κ1) is 10.9. The molecule has 0 aliphatic rings. The molecule has 3 heteroatoms. The Kier molecular flexibility index (Phi) is 3.37. The van der Waals surface area contributed by atoms with Crippen LogP contribution < -0.4 is 0 Å². The zero-order chi connectivity index (χ0) is 11.4. The number of hydrogen-bond acceptors (Lipinski definition) is 2. The Balaban J connectivity index is 2.19. The van der Waals surface area contributed by atoms with Gasteiger partial charge in [0.25, 0.3) is 0 Å². The van der Waals surface area contributed by atoms with Crippen molar-refractivity contribution < 1.29 is 0 Å². The minimum absolute atomic E-state index is 1.02. The number of nitrogens with zero attached hydrogens (tertiary/aromatic N) is 2. The summed E-state index contributed by atoms with van der Waals surface area (Å²) in [5, 5.41) is 7.21. The lowest BCUT2D eigenvalue weighted by molar-refractivity contribution is 0.414. The Morgan fingerprint density at radius 3 is 2.62 bits per heavy atom. The van der Waals surface area contributed by atoms with Gasteiger partial charge >= 0.3 is 0 Å². The van der Waals surface area contributed by atoms with E-state index in [1.165, 1.54) is 11.1 Å². The number of rotatable bonds is 4. The predicted molar refractivity (Wildman–Crippen MR) is 66.3 cm³/mol. The van der Waals surface area contributed by atoms with Gasteiger partial charge in [-0.25, -0.2) is 0 Å². The SMILES string of the molecule is CN(C)CCc1cn[nH]c1-c1ccccc1. The zero-order valence-electron chi connectivity index (χ0n) is 9.77. The van der Waals surface area contributed by atoms with Crippen molar-refractivity contribution in [2.45, 2.75) is 6.42 Å². The van der Waals surface area contributed by atoms with Gasteiger partial charge in [0.15, 0.2) is 0 Å². The third-order valence-electron chi connectivity index (χ3n) is 2.61. The van der Waals surface area contributed by atoms with Crippen molar-refractivity contribution in [1.82, 2.24) is 15.1 Å². The molecule has 1 aromatic carbocycles. The third kappa shape index (κ3) is 2.49. The largest absolute Gasteiger partial charge is 0.309 e. The molecular formula is C13H17N3. The predicted octanol–water partition coefficient (Wildman–Crippen LogP) is 2.18. The third-order valence-corrected chi connectivity index (χ3v) is 2.61. The van der Waals surface area contributed by atoms with E-state index in [4.69, 9.17) is 0 Å². The van der Waals surface area contributed by atoms with Gasteiger partial charge in [0.2, 0.25) is 0 Å². The number of likely N-dealkylation sites (N-methyl/N-ethyl adjacent to an activating group) is 1. The van der Waals surface area contributed by atoms with Crippen molar-refractivity contribution >= 4 is 0 Å². The fourth-order valence-corrected chi connectivity index (χ4v) is 1.70. The number of nitrogens with one attached hydrogen (secondary N) is 1. The molecular weight excluding hydrogens is 198 g/mol. The van der Waals surface area contributed by atoms with Gasteiger partial charge in [-0.05, 0) is 31.6 Å². The van der Waals surface area contributed by atoms with Crippen LogP contribution in [0.1, 0.15) is 5.56 Å². The van der Waals surface area contributed by atoms with E-state index in [1.807, 2.05) is 24.4 Å². The van der Waals surface area contributed by atoms with Crippen LogP contribution in [-0.2, 0) is 6.42 Å². The van der Waals surface area contributed by atoms with Gasteiger partial charge in [0, 0.05) is 6.54 Å². The first-order chi connectivity index (χ1) is 7.77. The molecule has 0 atom stereocenters. The molecule has 1 N–H and O–H groups in total. The number of benzene rings is 1. The summed E-state index contributed by atoms with van der Waals surface area (Å²) in [4.78, 5) is 2.18. The summed E-state index contributed by atoms with van der Waals surface area (Å²) in [6.07, 6.45) is 2.94. The van der Waals surface area contributed by atoms with Gasteiger partial charge in [-0.2, -0.15) is 5.10 Å². The van der Waals surface area contributed by atoms with E-state index >= 15 is 0 Å². The molecule has 0 radical (unpaired) electrons. The topological polar surface area (TPSA) is 31.9 Å². The van der Waals surface area contributed by atoms with Gasteiger partial charge in [0.05, 0.1) is 11.9 Å². The second-order valence-electron chi connectivity index (χ2n) is 4.19. The molecule has 1 heterocycles. The number of aromatic amines is 1. The second-order valence-corrected chi connectivity index (χ2v) is 4.19. The van der Waals surface area contributed by atoms with Crippen LogP contribution in [0.4, 0.5) is 0 Å². The summed E-state index contributed by atoms with van der Waals surface area (Å²) in [6.45, 7) is 1.04. The van der Waals surface area contributed by atoms with E-state index in [9.17, 15) is 0 Å². The average Bonchev–Trinajstić information content (AvgIpc) is 2.75. The fourth-order valence-electron chi connectivity index (χ4n) is 1.70. The lowest BCUT2D eigenvalue weighted by Gasteiger charge is -2.09. The van der Waals surface area contributed by atoms with E-state index in [1.54, 1.807) is 0 Å². The Morgan fingerprint density at radius 1 is 1.19 bits per heavy atom. The smallest absolute Gasteiger partial charge is 0.0682 e. The first-order valence-electron chi connectivity index (χ1n) is 5.50. The van der Waals surface area contributed by atoms with Gasteiger partial charge < -0.3 is 4.90 Å². The maximum Gasteiger partial charge on any atom is 0.0682 e. The number of hydrogen-bond donors (Lipinski definition) is 1. The normalized spacial score (nSPS) is 10.9. The molecule has 0 fully saturated rings. The van der Waals surface area contributed by atoms with Crippen molar-refractivity contribution in [1.29, 1.82) is 0 Å². The maximum absolute atomic E-state index is 4.13. The van der Waals surface area contributed by atoms with Crippen LogP contribution in [0.25, 0.3) is 11.3 Å². The molecule has 0 saturated heterocycles. The van der Waals surface area contributed by atoms with Gasteiger partial charge in [-0.1, -0.05) is 30.3 Å². The van der Waals surface area contributed by atoms with Crippen molar-refractivity contribution in [3.63, 3.8) is 0 Å². The summed E-state index contributed by atoms with van der Waals surface area (Å²) >= 11 is 0. The van der Waals surface area contributed by atoms with Crippen molar-refractivity contribution in [3.05, 3.63) is 42.1 Å². The lowest BCUT2D eigenvalue weighted by Crippen LogP contribution is -2.15. The zero-order valence-corrected chi connectivity index (χ0v) is 9.77. The maximum atomic E-state index is 4.13. The van der Waals surface area contributed by atoms with Crippen LogP contribution in [0.3, 0.4) is 0 Å². The summed E-state index contributed by atoms with van der Waals surface area (Å²) in [7, 11) is 4.17. The highest BCUT2D eigenvalue weighted by Crippen LogP contribution is 2.20. The Morgan fingerprint density at radius 2 is 1.94 bits per heavy atom. The molecule has 16 heavy (non-hydrogen) atoms. The molecule has 2 rings (SSSR count). The number of H-pyrrole nitrogens is 1. The van der Waals surface area contributed by atoms with Crippen LogP contribution in [-0.4, -0.2) is 35.7 Å². The van der Waals surface area contributed by atoms with Crippen LogP contribution in [0.2, 0.25) is 0 Å². The molecule has 0 amide bonds. The van der Waals surface area contributed by atoms with Gasteiger partial charge in [-0.3, -0.25) is 5.10 Å². The molecule has 0 bridgehead atoms. The quantitative estimate of drug-likeness (QED) is 0.847. The molecule has 84 valence electrons. The van der Waals surface area contributed by atoms with E-state index in [0.717, 1.165) is 18.7 Å². The molecule has 0 saturated carbocycles. The fraction of sp³-hybridized carbons (Fsp3) is 0.308. The van der Waals surface area contributed by atoms with Crippen LogP contribution in [0.5, 0.6) is 0 Å². The van der Waals surface area contributed by atoms with Crippen molar-refractivity contribution in [2.75, 3.05) is 20.6 Å². The second kappa shape index (κ2) is 4.94. The minimum atomic E-state index is 1.02. The number of aromatic nitrogens is 2. The summed E-state index contributed by atoms with van der Waals surface area (Å²) in [5.74, 6) is 0. The lowest BCUT2D eigenvalue weighted by atomic mass is 10.1. The summed E-state index contributed by atoms with van der Waals surface area (Å²) in [5.41, 5.74) is 3.62. The molecule has 2 aromatic rings. The van der Waals surface area contributed by atoms with Crippen LogP contribution >= 0.6 is 0 Å². The summed E-state index contributed by atoms with van der Waals surface area (Å²) < 4.78 is 0. The first-order valence-corrected chi connectivity index (χ1v) is 5.50. The van der Waals surface area contributed by atoms with Gasteiger partial charge in [-0.15, -0.1) is 0 Å². The molecule has 0 aliphatic carbocycles. The molecule has 3 nitrogen and oxygen atoms in total. The van der Waals surface area contributed by atoms with Crippen molar-refractivity contribution in [3.8, 4) is 11.3 Å². The van der Waals surface area contributed by atoms with E-state index in [0.29, 0.717) is 0 Å². The Bertz CT molecular complexity index is 431. The highest BCUT2D eigenvalue weighted by molar-refractivity contribution is 5.62. The highest BCUT2D eigenvalue weighted by Gasteiger charge is 2.06. The molecule has 0 aliphatic heterocycles. The van der Waals surface area contributed by atoms with E-state index in [2.05, 4.69) is 41.3 Å². The Hall–Kier alpha value is -1.61. The molecule has 0 unspecified atom stereocenters. The highest BCUT2D eigenvalue weighted by atomic mass is 15.1. The van der Waals surface area contributed by atoms with E-state index < -0.39 is 0 Å². The monoisotopic (exact) mass is 215 g/mol. The van der Waals surface area contributed by atoms with Crippen LogP contribution in [0, 0.1) is 0 Å².